The minimum atomic E-state index is -0.924. The van der Waals surface area contributed by atoms with Gasteiger partial charge in [0, 0.05) is 42.1 Å². The summed E-state index contributed by atoms with van der Waals surface area (Å²) in [6, 6.07) is 2.20. The molecule has 0 aromatic carbocycles. The predicted molar refractivity (Wildman–Crippen MR) is 119 cm³/mol. The topological polar surface area (TPSA) is 109 Å². The van der Waals surface area contributed by atoms with Crippen molar-refractivity contribution in [1.82, 2.24) is 20.5 Å². The number of rotatable bonds is 5. The molecule has 1 aliphatic heterocycles. The zero-order chi connectivity index (χ0) is 21.5. The van der Waals surface area contributed by atoms with Gasteiger partial charge in [0.25, 0.3) is 0 Å². The third-order valence-electron chi connectivity index (χ3n) is 7.18. The van der Waals surface area contributed by atoms with Crippen LogP contribution in [0.25, 0.3) is 10.6 Å². The van der Waals surface area contributed by atoms with Crippen molar-refractivity contribution in [3.05, 3.63) is 22.4 Å². The summed E-state index contributed by atoms with van der Waals surface area (Å²) in [6.07, 6.45) is 8.14. The number of nitrogens with zero attached hydrogens (tertiary/aromatic N) is 3. The molecule has 0 radical (unpaired) electrons. The normalized spacial score (nSPS) is 28.4. The zero-order valence-corrected chi connectivity index (χ0v) is 18.8. The van der Waals surface area contributed by atoms with Crippen LogP contribution in [-0.4, -0.2) is 51.2 Å². The van der Waals surface area contributed by atoms with E-state index in [4.69, 9.17) is 16.3 Å². The zero-order valence-electron chi connectivity index (χ0n) is 17.2. The molecule has 3 aliphatic carbocycles. The molecule has 166 valence electrons. The molecule has 2 bridgehead atoms. The van der Waals surface area contributed by atoms with Gasteiger partial charge in [-0.3, -0.25) is 0 Å². The lowest BCUT2D eigenvalue weighted by atomic mass is 9.57. The maximum atomic E-state index is 11.2. The van der Waals surface area contributed by atoms with Gasteiger partial charge in [-0.15, -0.1) is 10.2 Å². The second-order valence-electron chi connectivity index (χ2n) is 8.99. The SMILES string of the molecule is O=C(O)NC12CCC(c3nnc(-c4cnc(Cl)cc4NC4CCOCC4)s3)(CC1)CC2. The first-order chi connectivity index (χ1) is 15.0. The molecule has 3 heterocycles. The molecule has 6 rings (SSSR count). The van der Waals surface area contributed by atoms with Crippen LogP contribution in [0.4, 0.5) is 10.5 Å². The molecule has 2 aromatic heterocycles. The fourth-order valence-electron chi connectivity index (χ4n) is 5.25. The predicted octanol–water partition coefficient (Wildman–Crippen LogP) is 4.46. The van der Waals surface area contributed by atoms with Gasteiger partial charge in [0.1, 0.15) is 10.2 Å². The molecule has 1 amide bonds. The molecule has 10 heteroatoms. The smallest absolute Gasteiger partial charge is 0.405 e. The summed E-state index contributed by atoms with van der Waals surface area (Å²) < 4.78 is 5.47. The Balaban J connectivity index is 1.37. The summed E-state index contributed by atoms with van der Waals surface area (Å²) in [5, 5.41) is 27.1. The third kappa shape index (κ3) is 4.10. The molecule has 0 atom stereocenters. The Morgan fingerprint density at radius 2 is 1.87 bits per heavy atom. The van der Waals surface area contributed by atoms with E-state index < -0.39 is 6.09 Å². The summed E-state index contributed by atoms with van der Waals surface area (Å²) >= 11 is 7.82. The van der Waals surface area contributed by atoms with Crippen LogP contribution in [0.15, 0.2) is 12.3 Å². The molecule has 8 nitrogen and oxygen atoms in total. The Hall–Kier alpha value is -1.97. The van der Waals surface area contributed by atoms with Gasteiger partial charge in [-0.05, 0) is 57.4 Å². The van der Waals surface area contributed by atoms with Crippen LogP contribution in [0, 0.1) is 0 Å². The molecule has 0 spiro atoms. The Morgan fingerprint density at radius 1 is 1.16 bits per heavy atom. The highest BCUT2D eigenvalue weighted by Crippen LogP contribution is 2.54. The number of halogens is 1. The number of hydrogen-bond acceptors (Lipinski definition) is 7. The molecule has 3 N–H and O–H groups in total. The van der Waals surface area contributed by atoms with Crippen LogP contribution in [-0.2, 0) is 10.2 Å². The first kappa shape index (κ1) is 20.9. The van der Waals surface area contributed by atoms with E-state index >= 15 is 0 Å². The lowest BCUT2D eigenvalue weighted by Gasteiger charge is -2.52. The van der Waals surface area contributed by atoms with E-state index in [-0.39, 0.29) is 11.0 Å². The monoisotopic (exact) mass is 463 g/mol. The van der Waals surface area contributed by atoms with Crippen molar-refractivity contribution in [2.45, 2.75) is 68.4 Å². The Labute approximate surface area is 189 Å². The average Bonchev–Trinajstić information content (AvgIpc) is 3.26. The second-order valence-corrected chi connectivity index (χ2v) is 10.4. The maximum Gasteiger partial charge on any atom is 0.405 e. The van der Waals surface area contributed by atoms with Crippen molar-refractivity contribution >= 4 is 34.7 Å². The lowest BCUT2D eigenvalue weighted by molar-refractivity contribution is 0.0743. The highest BCUT2D eigenvalue weighted by atomic mass is 35.5. The second kappa shape index (κ2) is 8.18. The highest BCUT2D eigenvalue weighted by molar-refractivity contribution is 7.14. The first-order valence-electron chi connectivity index (χ1n) is 10.8. The van der Waals surface area contributed by atoms with Crippen molar-refractivity contribution in [3.63, 3.8) is 0 Å². The van der Waals surface area contributed by atoms with Crippen molar-refractivity contribution < 1.29 is 14.6 Å². The van der Waals surface area contributed by atoms with Crippen LogP contribution < -0.4 is 10.6 Å². The number of aromatic nitrogens is 3. The molecule has 31 heavy (non-hydrogen) atoms. The minimum Gasteiger partial charge on any atom is -0.465 e. The number of pyridine rings is 1. The number of nitrogens with one attached hydrogen (secondary N) is 2. The van der Waals surface area contributed by atoms with Crippen LogP contribution in [0.5, 0.6) is 0 Å². The first-order valence-corrected chi connectivity index (χ1v) is 12.0. The van der Waals surface area contributed by atoms with E-state index in [2.05, 4.69) is 25.8 Å². The number of fused-ring (bicyclic) bond motifs is 3. The Bertz CT molecular complexity index is 953. The molecular weight excluding hydrogens is 438 g/mol. The minimum absolute atomic E-state index is 0.00596. The molecule has 4 fully saturated rings. The number of carboxylic acid groups (broad SMARTS) is 1. The molecular formula is C21H26ClN5O3S. The van der Waals surface area contributed by atoms with Crippen LogP contribution in [0.1, 0.15) is 56.4 Å². The summed E-state index contributed by atoms with van der Waals surface area (Å²) in [4.78, 5) is 15.5. The third-order valence-corrected chi connectivity index (χ3v) is 8.59. The van der Waals surface area contributed by atoms with E-state index in [9.17, 15) is 9.90 Å². The van der Waals surface area contributed by atoms with Gasteiger partial charge in [-0.2, -0.15) is 0 Å². The fourth-order valence-corrected chi connectivity index (χ4v) is 6.55. The van der Waals surface area contributed by atoms with Crippen LogP contribution >= 0.6 is 22.9 Å². The average molecular weight is 464 g/mol. The van der Waals surface area contributed by atoms with Crippen molar-refractivity contribution in [2.75, 3.05) is 18.5 Å². The highest BCUT2D eigenvalue weighted by Gasteiger charge is 2.51. The van der Waals surface area contributed by atoms with Crippen molar-refractivity contribution in [2.24, 2.45) is 0 Å². The van der Waals surface area contributed by atoms with Crippen LogP contribution in [0.2, 0.25) is 5.15 Å². The van der Waals surface area contributed by atoms with Gasteiger partial charge in [-0.1, -0.05) is 22.9 Å². The standard InChI is InChI=1S/C21H26ClN5O3S/c22-16-11-15(24-13-1-9-30-10-2-13)14(12-23-16)17-26-27-18(31-17)20-3-6-21(7-4-20,8-5-20)25-19(28)29/h11-13,25H,1-10H2,(H,23,24)(H,28,29). The van der Waals surface area contributed by atoms with E-state index in [0.717, 1.165) is 85.8 Å². The van der Waals surface area contributed by atoms with Crippen LogP contribution in [0.3, 0.4) is 0 Å². The van der Waals surface area contributed by atoms with Crippen molar-refractivity contribution in [1.29, 1.82) is 0 Å². The van der Waals surface area contributed by atoms with Gasteiger partial charge >= 0.3 is 6.09 Å². The van der Waals surface area contributed by atoms with Gasteiger partial charge in [0.15, 0.2) is 5.01 Å². The maximum absolute atomic E-state index is 11.2. The number of ether oxygens (including phenoxy) is 1. The van der Waals surface area contributed by atoms with Gasteiger partial charge in [-0.25, -0.2) is 9.78 Å². The Morgan fingerprint density at radius 3 is 2.55 bits per heavy atom. The number of amides is 1. The van der Waals surface area contributed by atoms with Gasteiger partial charge in [0.2, 0.25) is 0 Å². The molecule has 1 saturated heterocycles. The summed E-state index contributed by atoms with van der Waals surface area (Å²) in [5.74, 6) is 0. The van der Waals surface area contributed by atoms with Gasteiger partial charge in [0.05, 0.1) is 5.56 Å². The fraction of sp³-hybridized carbons (Fsp3) is 0.619. The molecule has 4 aliphatic rings. The van der Waals surface area contributed by atoms with Gasteiger partial charge < -0.3 is 20.5 Å². The molecule has 0 unspecified atom stereocenters. The summed E-state index contributed by atoms with van der Waals surface area (Å²) in [5.41, 5.74) is 1.60. The number of hydrogen-bond donors (Lipinski definition) is 3. The van der Waals surface area contributed by atoms with E-state index in [1.54, 1.807) is 17.5 Å². The largest absolute Gasteiger partial charge is 0.465 e. The summed E-state index contributed by atoms with van der Waals surface area (Å²) in [6.45, 7) is 1.52. The lowest BCUT2D eigenvalue weighted by Crippen LogP contribution is -2.57. The summed E-state index contributed by atoms with van der Waals surface area (Å²) in [7, 11) is 0. The quantitative estimate of drug-likeness (QED) is 0.561. The molecule has 2 aromatic rings. The number of anilines is 1. The van der Waals surface area contributed by atoms with E-state index in [1.807, 2.05) is 6.07 Å². The van der Waals surface area contributed by atoms with E-state index in [0.29, 0.717) is 11.2 Å². The van der Waals surface area contributed by atoms with E-state index in [1.165, 1.54) is 0 Å². The molecule has 3 saturated carbocycles. The van der Waals surface area contributed by atoms with Crippen molar-refractivity contribution in [3.8, 4) is 10.6 Å². The number of carbonyl (C=O) groups is 1. The Kier molecular flexibility index (Phi) is 5.52.